The van der Waals surface area contributed by atoms with Gasteiger partial charge in [-0.05, 0) is 24.6 Å². The fraction of sp³-hybridized carbons (Fsp3) is 0.455. The van der Waals surface area contributed by atoms with Crippen molar-refractivity contribution < 1.29 is 9.13 Å². The summed E-state index contributed by atoms with van der Waals surface area (Å²) in [6.07, 6.45) is 0. The second-order valence-electron chi connectivity index (χ2n) is 3.37. The summed E-state index contributed by atoms with van der Waals surface area (Å²) in [6, 6.07) is 6.88. The van der Waals surface area contributed by atoms with Crippen LogP contribution in [0.4, 0.5) is 4.39 Å². The van der Waals surface area contributed by atoms with Crippen molar-refractivity contribution in [2.24, 2.45) is 0 Å². The second kappa shape index (κ2) is 5.73. The summed E-state index contributed by atoms with van der Waals surface area (Å²) in [7, 11) is 1.67. The van der Waals surface area contributed by atoms with Crippen LogP contribution in [0.25, 0.3) is 0 Å². The molecule has 0 aromatic heterocycles. The molecule has 0 aliphatic rings. The largest absolute Gasteiger partial charge is 0.383 e. The van der Waals surface area contributed by atoms with Gasteiger partial charge in [0.15, 0.2) is 0 Å². The lowest BCUT2D eigenvalue weighted by atomic mass is 10.2. The van der Waals surface area contributed by atoms with Gasteiger partial charge in [-0.1, -0.05) is 12.1 Å². The third-order valence-corrected chi connectivity index (χ3v) is 1.96. The van der Waals surface area contributed by atoms with E-state index in [1.807, 2.05) is 13.0 Å². The third-order valence-electron chi connectivity index (χ3n) is 1.96. The van der Waals surface area contributed by atoms with Crippen molar-refractivity contribution in [2.75, 3.05) is 13.7 Å². The van der Waals surface area contributed by atoms with Crippen LogP contribution in [-0.2, 0) is 11.3 Å². The lowest BCUT2D eigenvalue weighted by Gasteiger charge is -2.12. The highest BCUT2D eigenvalue weighted by atomic mass is 19.1. The van der Waals surface area contributed by atoms with Gasteiger partial charge < -0.3 is 10.1 Å². The summed E-state index contributed by atoms with van der Waals surface area (Å²) in [5.74, 6) is -0.191. The van der Waals surface area contributed by atoms with Gasteiger partial charge in [0, 0.05) is 19.7 Å². The molecule has 1 N–H and O–H groups in total. The number of halogens is 1. The first-order chi connectivity index (χ1) is 6.72. The van der Waals surface area contributed by atoms with E-state index < -0.39 is 0 Å². The molecule has 0 amide bonds. The Labute approximate surface area is 84.1 Å². The molecule has 1 aromatic carbocycles. The minimum absolute atomic E-state index is 0.191. The van der Waals surface area contributed by atoms with Gasteiger partial charge in [-0.15, -0.1) is 0 Å². The fourth-order valence-electron chi connectivity index (χ4n) is 1.25. The summed E-state index contributed by atoms with van der Waals surface area (Å²) < 4.78 is 17.8. The van der Waals surface area contributed by atoms with E-state index >= 15 is 0 Å². The van der Waals surface area contributed by atoms with Crippen LogP contribution in [0, 0.1) is 5.82 Å². The fourth-order valence-corrected chi connectivity index (χ4v) is 1.25. The summed E-state index contributed by atoms with van der Waals surface area (Å²) >= 11 is 0. The minimum Gasteiger partial charge on any atom is -0.383 e. The Bertz CT molecular complexity index is 278. The van der Waals surface area contributed by atoms with Crippen LogP contribution in [0.3, 0.4) is 0 Å². The summed E-state index contributed by atoms with van der Waals surface area (Å²) in [6.45, 7) is 3.36. The Morgan fingerprint density at radius 1 is 1.50 bits per heavy atom. The molecule has 78 valence electrons. The summed E-state index contributed by atoms with van der Waals surface area (Å²) in [5.41, 5.74) is 0.952. The van der Waals surface area contributed by atoms with Gasteiger partial charge in [0.05, 0.1) is 6.61 Å². The molecule has 0 aliphatic heterocycles. The zero-order valence-corrected chi connectivity index (χ0v) is 8.59. The highest BCUT2D eigenvalue weighted by Crippen LogP contribution is 2.03. The number of methoxy groups -OCH3 is 1. The van der Waals surface area contributed by atoms with E-state index in [2.05, 4.69) is 5.32 Å². The first kappa shape index (κ1) is 11.1. The lowest BCUT2D eigenvalue weighted by molar-refractivity contribution is 0.171. The predicted octanol–water partition coefficient (Wildman–Crippen LogP) is 1.95. The molecular formula is C11H16FNO. The molecule has 14 heavy (non-hydrogen) atoms. The molecule has 2 nitrogen and oxygen atoms in total. The molecule has 0 heterocycles. The molecule has 0 aliphatic carbocycles. The molecule has 0 unspecified atom stereocenters. The quantitative estimate of drug-likeness (QED) is 0.779. The molecule has 0 spiro atoms. The molecule has 1 rings (SSSR count). The monoisotopic (exact) mass is 197 g/mol. The van der Waals surface area contributed by atoms with Crippen molar-refractivity contribution in [2.45, 2.75) is 19.5 Å². The predicted molar refractivity (Wildman–Crippen MR) is 54.6 cm³/mol. The number of hydrogen-bond donors (Lipinski definition) is 1. The maximum atomic E-state index is 12.8. The van der Waals surface area contributed by atoms with Crippen molar-refractivity contribution in [3.8, 4) is 0 Å². The molecule has 0 saturated carbocycles. The first-order valence-corrected chi connectivity index (χ1v) is 4.69. The van der Waals surface area contributed by atoms with Crippen molar-refractivity contribution in [3.63, 3.8) is 0 Å². The van der Waals surface area contributed by atoms with Crippen LogP contribution in [-0.4, -0.2) is 19.8 Å². The van der Waals surface area contributed by atoms with E-state index in [1.165, 1.54) is 12.1 Å². The zero-order valence-electron chi connectivity index (χ0n) is 8.59. The van der Waals surface area contributed by atoms with Crippen LogP contribution in [0.15, 0.2) is 24.3 Å². The van der Waals surface area contributed by atoms with Crippen LogP contribution < -0.4 is 5.32 Å². The third kappa shape index (κ3) is 3.85. The van der Waals surface area contributed by atoms with E-state index in [0.29, 0.717) is 13.2 Å². The van der Waals surface area contributed by atoms with Gasteiger partial charge in [0.1, 0.15) is 5.82 Å². The average molecular weight is 197 g/mol. The van der Waals surface area contributed by atoms with Crippen LogP contribution in [0.2, 0.25) is 0 Å². The lowest BCUT2D eigenvalue weighted by Crippen LogP contribution is -2.29. The molecular weight excluding hydrogens is 181 g/mol. The standard InChI is InChI=1S/C11H16FNO/c1-9(8-14-2)13-7-10-4-3-5-11(12)6-10/h3-6,9,13H,7-8H2,1-2H3/t9-/m1/s1. The maximum absolute atomic E-state index is 12.8. The normalized spacial score (nSPS) is 12.8. The van der Waals surface area contributed by atoms with Gasteiger partial charge in [-0.3, -0.25) is 0 Å². The van der Waals surface area contributed by atoms with E-state index in [0.717, 1.165) is 5.56 Å². The van der Waals surface area contributed by atoms with Crippen molar-refractivity contribution in [1.29, 1.82) is 0 Å². The summed E-state index contributed by atoms with van der Waals surface area (Å²) in [5, 5.41) is 3.24. The van der Waals surface area contributed by atoms with Gasteiger partial charge in [-0.25, -0.2) is 4.39 Å². The molecule has 1 aromatic rings. The number of ether oxygens (including phenoxy) is 1. The Balaban J connectivity index is 2.37. The van der Waals surface area contributed by atoms with Gasteiger partial charge >= 0.3 is 0 Å². The second-order valence-corrected chi connectivity index (χ2v) is 3.37. The molecule has 0 fully saturated rings. The smallest absolute Gasteiger partial charge is 0.123 e. The van der Waals surface area contributed by atoms with E-state index in [4.69, 9.17) is 4.74 Å². The van der Waals surface area contributed by atoms with E-state index in [9.17, 15) is 4.39 Å². The van der Waals surface area contributed by atoms with Gasteiger partial charge in [-0.2, -0.15) is 0 Å². The first-order valence-electron chi connectivity index (χ1n) is 4.69. The van der Waals surface area contributed by atoms with E-state index in [1.54, 1.807) is 13.2 Å². The number of benzene rings is 1. The molecule has 0 bridgehead atoms. The van der Waals surface area contributed by atoms with Gasteiger partial charge in [0.25, 0.3) is 0 Å². The average Bonchev–Trinajstić information content (AvgIpc) is 2.15. The van der Waals surface area contributed by atoms with Crippen molar-refractivity contribution in [3.05, 3.63) is 35.6 Å². The Morgan fingerprint density at radius 3 is 2.93 bits per heavy atom. The number of hydrogen-bond acceptors (Lipinski definition) is 2. The molecule has 0 saturated heterocycles. The van der Waals surface area contributed by atoms with Crippen LogP contribution in [0.5, 0.6) is 0 Å². The maximum Gasteiger partial charge on any atom is 0.123 e. The minimum atomic E-state index is -0.191. The van der Waals surface area contributed by atoms with Crippen LogP contribution >= 0.6 is 0 Å². The van der Waals surface area contributed by atoms with Crippen LogP contribution in [0.1, 0.15) is 12.5 Å². The molecule has 1 atom stereocenters. The highest BCUT2D eigenvalue weighted by Gasteiger charge is 2.00. The topological polar surface area (TPSA) is 21.3 Å². The Morgan fingerprint density at radius 2 is 2.29 bits per heavy atom. The molecule has 3 heteroatoms. The Hall–Kier alpha value is -0.930. The summed E-state index contributed by atoms with van der Waals surface area (Å²) in [4.78, 5) is 0. The Kier molecular flexibility index (Phi) is 4.56. The molecule has 0 radical (unpaired) electrons. The van der Waals surface area contributed by atoms with E-state index in [-0.39, 0.29) is 11.9 Å². The highest BCUT2D eigenvalue weighted by molar-refractivity contribution is 5.15. The zero-order chi connectivity index (χ0) is 10.4. The van der Waals surface area contributed by atoms with Crippen molar-refractivity contribution >= 4 is 0 Å². The number of nitrogens with one attached hydrogen (secondary N) is 1. The van der Waals surface area contributed by atoms with Gasteiger partial charge in [0.2, 0.25) is 0 Å². The number of rotatable bonds is 5. The van der Waals surface area contributed by atoms with Crippen molar-refractivity contribution in [1.82, 2.24) is 5.32 Å². The SMILES string of the molecule is COC[C@@H](C)NCc1cccc(F)c1.